The summed E-state index contributed by atoms with van der Waals surface area (Å²) in [6, 6.07) is 7.85. The van der Waals surface area contributed by atoms with Crippen LogP contribution < -0.4 is 5.32 Å². The largest absolute Gasteiger partial charge is 0.323 e. The Labute approximate surface area is 135 Å². The quantitative estimate of drug-likeness (QED) is 0.861. The van der Waals surface area contributed by atoms with Crippen molar-refractivity contribution in [3.05, 3.63) is 52.3 Å². The summed E-state index contributed by atoms with van der Waals surface area (Å²) in [6.45, 7) is 6.13. The molecule has 0 saturated heterocycles. The van der Waals surface area contributed by atoms with Gasteiger partial charge >= 0.3 is 0 Å². The molecule has 0 aliphatic rings. The first kappa shape index (κ1) is 16.3. The van der Waals surface area contributed by atoms with Crippen molar-refractivity contribution in [2.75, 3.05) is 5.32 Å². The first-order valence-electron chi connectivity index (χ1n) is 7.16. The van der Waals surface area contributed by atoms with Crippen LogP contribution in [-0.2, 0) is 11.8 Å². The SMILES string of the molecule is Cc1nn(C)c(Cl)c1/C=C/C(=O)Nc1ccc(C(C)C)cc1. The highest BCUT2D eigenvalue weighted by Crippen LogP contribution is 2.20. The predicted molar refractivity (Wildman–Crippen MR) is 91.1 cm³/mol. The molecule has 0 aliphatic carbocycles. The van der Waals surface area contributed by atoms with Gasteiger partial charge < -0.3 is 5.32 Å². The number of amides is 1. The highest BCUT2D eigenvalue weighted by molar-refractivity contribution is 6.31. The lowest BCUT2D eigenvalue weighted by Crippen LogP contribution is -2.07. The molecule has 1 heterocycles. The summed E-state index contributed by atoms with van der Waals surface area (Å²) in [4.78, 5) is 12.0. The van der Waals surface area contributed by atoms with Crippen molar-refractivity contribution in [3.63, 3.8) is 0 Å². The van der Waals surface area contributed by atoms with Gasteiger partial charge in [0, 0.05) is 24.4 Å². The van der Waals surface area contributed by atoms with Gasteiger partial charge in [-0.15, -0.1) is 0 Å². The number of carbonyl (C=O) groups is 1. The molecule has 5 heteroatoms. The molecule has 0 bridgehead atoms. The number of rotatable bonds is 4. The molecule has 116 valence electrons. The summed E-state index contributed by atoms with van der Waals surface area (Å²) in [5.41, 5.74) is 3.56. The van der Waals surface area contributed by atoms with Gasteiger partial charge in [0.1, 0.15) is 5.15 Å². The minimum Gasteiger partial charge on any atom is -0.323 e. The lowest BCUT2D eigenvalue weighted by molar-refractivity contribution is -0.111. The Morgan fingerprint density at radius 1 is 1.32 bits per heavy atom. The summed E-state index contributed by atoms with van der Waals surface area (Å²) < 4.78 is 1.58. The van der Waals surface area contributed by atoms with Crippen molar-refractivity contribution in [3.8, 4) is 0 Å². The second kappa shape index (κ2) is 6.79. The number of hydrogen-bond acceptors (Lipinski definition) is 2. The number of halogens is 1. The summed E-state index contributed by atoms with van der Waals surface area (Å²) in [5.74, 6) is 0.275. The van der Waals surface area contributed by atoms with E-state index < -0.39 is 0 Å². The molecule has 0 atom stereocenters. The fourth-order valence-electron chi connectivity index (χ4n) is 2.13. The number of anilines is 1. The van der Waals surface area contributed by atoms with Crippen LogP contribution in [0.1, 0.15) is 36.6 Å². The second-order valence-electron chi connectivity index (χ2n) is 5.51. The number of nitrogens with one attached hydrogen (secondary N) is 1. The molecular weight excluding hydrogens is 298 g/mol. The Morgan fingerprint density at radius 2 is 1.95 bits per heavy atom. The Kier molecular flexibility index (Phi) is 5.03. The standard InChI is InChI=1S/C17H20ClN3O/c1-11(2)13-5-7-14(8-6-13)19-16(22)10-9-15-12(3)20-21(4)17(15)18/h5-11H,1-4H3,(H,19,22)/b10-9+. The fourth-order valence-corrected chi connectivity index (χ4v) is 2.37. The first-order chi connectivity index (χ1) is 10.4. The third kappa shape index (κ3) is 3.77. The van der Waals surface area contributed by atoms with Gasteiger partial charge in [0.25, 0.3) is 0 Å². The summed E-state index contributed by atoms with van der Waals surface area (Å²) in [7, 11) is 1.77. The zero-order valence-corrected chi connectivity index (χ0v) is 14.0. The molecule has 0 radical (unpaired) electrons. The Bertz CT molecular complexity index is 699. The van der Waals surface area contributed by atoms with Gasteiger partial charge in [0.2, 0.25) is 5.91 Å². The van der Waals surface area contributed by atoms with Gasteiger partial charge in [-0.05, 0) is 36.6 Å². The maximum Gasteiger partial charge on any atom is 0.248 e. The van der Waals surface area contributed by atoms with Gasteiger partial charge in [-0.3, -0.25) is 9.48 Å². The second-order valence-corrected chi connectivity index (χ2v) is 5.87. The van der Waals surface area contributed by atoms with E-state index in [1.165, 1.54) is 11.6 Å². The van der Waals surface area contributed by atoms with Gasteiger partial charge in [0.05, 0.1) is 5.69 Å². The van der Waals surface area contributed by atoms with Gasteiger partial charge in [-0.2, -0.15) is 5.10 Å². The van der Waals surface area contributed by atoms with Crippen LogP contribution >= 0.6 is 11.6 Å². The van der Waals surface area contributed by atoms with Crippen LogP contribution in [-0.4, -0.2) is 15.7 Å². The molecule has 4 nitrogen and oxygen atoms in total. The Hall–Kier alpha value is -2.07. The van der Waals surface area contributed by atoms with Crippen LogP contribution in [0.15, 0.2) is 30.3 Å². The minimum absolute atomic E-state index is 0.198. The van der Waals surface area contributed by atoms with Gasteiger partial charge in [-0.1, -0.05) is 37.6 Å². The van der Waals surface area contributed by atoms with Crippen LogP contribution in [0.5, 0.6) is 0 Å². The van der Waals surface area contributed by atoms with Crippen LogP contribution in [0, 0.1) is 6.92 Å². The van der Waals surface area contributed by atoms with Crippen molar-refractivity contribution < 1.29 is 4.79 Å². The van der Waals surface area contributed by atoms with Crippen molar-refractivity contribution in [2.45, 2.75) is 26.7 Å². The highest BCUT2D eigenvalue weighted by Gasteiger charge is 2.08. The van der Waals surface area contributed by atoms with Gasteiger partial charge in [-0.25, -0.2) is 0 Å². The molecule has 22 heavy (non-hydrogen) atoms. The zero-order chi connectivity index (χ0) is 16.3. The van der Waals surface area contributed by atoms with Crippen molar-refractivity contribution in [2.24, 2.45) is 7.05 Å². The van der Waals surface area contributed by atoms with Gasteiger partial charge in [0.15, 0.2) is 0 Å². The molecule has 0 saturated carbocycles. The number of carbonyl (C=O) groups excluding carboxylic acids is 1. The topological polar surface area (TPSA) is 46.9 Å². The summed E-state index contributed by atoms with van der Waals surface area (Å²) in [6.07, 6.45) is 3.15. The molecule has 2 aromatic rings. The van der Waals surface area contributed by atoms with E-state index in [4.69, 9.17) is 11.6 Å². The number of aromatic nitrogens is 2. The van der Waals surface area contributed by atoms with E-state index in [1.807, 2.05) is 31.2 Å². The number of benzene rings is 1. The van der Waals surface area contributed by atoms with Crippen molar-refractivity contribution in [1.29, 1.82) is 0 Å². The lowest BCUT2D eigenvalue weighted by Gasteiger charge is -2.07. The first-order valence-corrected chi connectivity index (χ1v) is 7.54. The van der Waals surface area contributed by atoms with Crippen LogP contribution in [0.25, 0.3) is 6.08 Å². The van der Waals surface area contributed by atoms with E-state index in [0.717, 1.165) is 16.9 Å². The molecule has 2 rings (SSSR count). The molecule has 1 aromatic heterocycles. The molecule has 1 aromatic carbocycles. The highest BCUT2D eigenvalue weighted by atomic mass is 35.5. The summed E-state index contributed by atoms with van der Waals surface area (Å²) in [5, 5.41) is 7.54. The number of nitrogens with zero attached hydrogens (tertiary/aromatic N) is 2. The lowest BCUT2D eigenvalue weighted by atomic mass is 10.0. The maximum absolute atomic E-state index is 12.0. The number of hydrogen-bond donors (Lipinski definition) is 1. The van der Waals surface area contributed by atoms with Crippen molar-refractivity contribution in [1.82, 2.24) is 9.78 Å². The average Bonchev–Trinajstić information content (AvgIpc) is 2.70. The summed E-state index contributed by atoms with van der Waals surface area (Å²) >= 11 is 6.12. The molecule has 1 amide bonds. The minimum atomic E-state index is -0.198. The molecule has 0 aliphatic heterocycles. The fraction of sp³-hybridized carbons (Fsp3) is 0.294. The van der Waals surface area contributed by atoms with E-state index in [0.29, 0.717) is 11.1 Å². The van der Waals surface area contributed by atoms with E-state index in [-0.39, 0.29) is 5.91 Å². The van der Waals surface area contributed by atoms with Crippen LogP contribution in [0.4, 0.5) is 5.69 Å². The zero-order valence-electron chi connectivity index (χ0n) is 13.2. The smallest absolute Gasteiger partial charge is 0.248 e. The maximum atomic E-state index is 12.0. The van der Waals surface area contributed by atoms with Crippen LogP contribution in [0.3, 0.4) is 0 Å². The molecule has 0 unspecified atom stereocenters. The Morgan fingerprint density at radius 3 is 2.45 bits per heavy atom. The molecular formula is C17H20ClN3O. The molecule has 0 fully saturated rings. The van der Waals surface area contributed by atoms with Crippen LogP contribution in [0.2, 0.25) is 5.15 Å². The predicted octanol–water partition coefficient (Wildman–Crippen LogP) is 4.16. The van der Waals surface area contributed by atoms with E-state index >= 15 is 0 Å². The third-order valence-corrected chi connectivity index (χ3v) is 3.89. The van der Waals surface area contributed by atoms with E-state index in [9.17, 15) is 4.79 Å². The van der Waals surface area contributed by atoms with E-state index in [2.05, 4.69) is 24.3 Å². The normalized spacial score (nSPS) is 11.4. The van der Waals surface area contributed by atoms with E-state index in [1.54, 1.807) is 17.8 Å². The van der Waals surface area contributed by atoms with Crippen molar-refractivity contribution >= 4 is 29.3 Å². The molecule has 0 spiro atoms. The molecule has 1 N–H and O–H groups in total. The average molecular weight is 318 g/mol. The monoisotopic (exact) mass is 317 g/mol. The Balaban J connectivity index is 2.05. The third-order valence-electron chi connectivity index (χ3n) is 3.44. The number of aryl methyl sites for hydroxylation is 2.